The van der Waals surface area contributed by atoms with Gasteiger partial charge in [-0.25, -0.2) is 0 Å². The van der Waals surface area contributed by atoms with Gasteiger partial charge in [0.25, 0.3) is 0 Å². The number of hydrogen-bond donors (Lipinski definition) is 1. The third kappa shape index (κ3) is 6.72. The first-order chi connectivity index (χ1) is 13.2. The molecule has 0 saturated carbocycles. The van der Waals surface area contributed by atoms with Gasteiger partial charge in [0.05, 0.1) is 37.6 Å². The fourth-order valence-electron chi connectivity index (χ4n) is 3.15. The van der Waals surface area contributed by atoms with E-state index in [1.165, 1.54) is 21.3 Å². The van der Waals surface area contributed by atoms with Crippen molar-refractivity contribution in [2.45, 2.75) is 63.3 Å². The summed E-state index contributed by atoms with van der Waals surface area (Å²) in [5, 5.41) is 9.47. The molecule has 2 saturated heterocycles. The molecule has 2 fully saturated rings. The van der Waals surface area contributed by atoms with E-state index in [1.54, 1.807) is 0 Å². The maximum absolute atomic E-state index is 9.47. The predicted octanol–water partition coefficient (Wildman–Crippen LogP) is 2.51. The number of ether oxygens (including phenoxy) is 2. The first-order valence-electron chi connectivity index (χ1n) is 8.98. The van der Waals surface area contributed by atoms with Crippen molar-refractivity contribution in [1.29, 1.82) is 0 Å². The molecular weight excluding hydrogens is 450 g/mol. The summed E-state index contributed by atoms with van der Waals surface area (Å²) in [6, 6.07) is 0. The predicted molar refractivity (Wildman–Crippen MR) is 110 cm³/mol. The molecule has 7 unspecified atom stereocenters. The molecule has 0 aromatic rings. The summed E-state index contributed by atoms with van der Waals surface area (Å²) >= 11 is 10.8. The van der Waals surface area contributed by atoms with Crippen LogP contribution >= 0.6 is 13.4 Å². The van der Waals surface area contributed by atoms with Crippen LogP contribution in [0.2, 0.25) is 0 Å². The lowest BCUT2D eigenvalue weighted by molar-refractivity contribution is -0.0283. The van der Waals surface area contributed by atoms with E-state index in [4.69, 9.17) is 60.2 Å². The zero-order chi connectivity index (χ0) is 20.9. The van der Waals surface area contributed by atoms with Gasteiger partial charge in [-0.2, -0.15) is 0 Å². The van der Waals surface area contributed by atoms with Gasteiger partial charge in [0.15, 0.2) is 0 Å². The van der Waals surface area contributed by atoms with E-state index in [-0.39, 0.29) is 31.5 Å². The Labute approximate surface area is 176 Å². The standard InChI is InChI=1S/C15H30O9P2S2/c1-10-6-12(14(8-16)21-10)24-26(28,19-5)20-9-15-13(7-11(2)22-15)23-25(27,17-3)18-4/h10-16H,6-9H2,1-5H3. The molecule has 0 amide bonds. The molecule has 2 aliphatic heterocycles. The third-order valence-corrected chi connectivity index (χ3v) is 9.59. The Morgan fingerprint density at radius 3 is 1.82 bits per heavy atom. The average molecular weight is 480 g/mol. The Morgan fingerprint density at radius 2 is 1.32 bits per heavy atom. The maximum Gasteiger partial charge on any atom is 0.327 e. The van der Waals surface area contributed by atoms with Crippen LogP contribution in [0, 0.1) is 0 Å². The van der Waals surface area contributed by atoms with Crippen LogP contribution in [0.15, 0.2) is 0 Å². The maximum atomic E-state index is 9.47. The number of rotatable bonds is 11. The topological polar surface area (TPSA) is 94.1 Å². The molecule has 0 bridgehead atoms. The second kappa shape index (κ2) is 11.0. The van der Waals surface area contributed by atoms with E-state index in [1.807, 2.05) is 13.8 Å². The highest BCUT2D eigenvalue weighted by Gasteiger charge is 2.41. The van der Waals surface area contributed by atoms with Crippen LogP contribution in [0.4, 0.5) is 0 Å². The Morgan fingerprint density at radius 1 is 0.857 bits per heavy atom. The second-order valence-electron chi connectivity index (χ2n) is 6.65. The molecule has 0 aromatic carbocycles. The molecule has 166 valence electrons. The summed E-state index contributed by atoms with van der Waals surface area (Å²) < 4.78 is 44.9. The van der Waals surface area contributed by atoms with Crippen LogP contribution in [-0.2, 0) is 60.2 Å². The fourth-order valence-corrected chi connectivity index (χ4v) is 6.01. The molecule has 2 rings (SSSR count). The monoisotopic (exact) mass is 480 g/mol. The summed E-state index contributed by atoms with van der Waals surface area (Å²) in [5.74, 6) is 0. The van der Waals surface area contributed by atoms with Gasteiger partial charge in [0.1, 0.15) is 12.2 Å². The molecule has 1 N–H and O–H groups in total. The summed E-state index contributed by atoms with van der Waals surface area (Å²) in [6.45, 7) is -2.10. The van der Waals surface area contributed by atoms with E-state index in [2.05, 4.69) is 0 Å². The molecule has 28 heavy (non-hydrogen) atoms. The number of aliphatic hydroxyl groups excluding tert-OH is 1. The SMILES string of the molecule is COP(=S)(OC)OC1CC(C)OC1COP(=S)(OC)OC1CC(C)OC1CO. The van der Waals surface area contributed by atoms with Crippen molar-refractivity contribution in [3.8, 4) is 0 Å². The normalized spacial score (nSPS) is 35.9. The highest BCUT2D eigenvalue weighted by atomic mass is 32.5. The smallest absolute Gasteiger partial charge is 0.327 e. The van der Waals surface area contributed by atoms with E-state index < -0.39 is 31.7 Å². The molecule has 0 aliphatic carbocycles. The highest BCUT2D eigenvalue weighted by Crippen LogP contribution is 2.54. The van der Waals surface area contributed by atoms with E-state index >= 15 is 0 Å². The van der Waals surface area contributed by atoms with Crippen molar-refractivity contribution in [1.82, 2.24) is 0 Å². The zero-order valence-corrected chi connectivity index (χ0v) is 20.1. The summed E-state index contributed by atoms with van der Waals surface area (Å²) in [7, 11) is 4.35. The van der Waals surface area contributed by atoms with Gasteiger partial charge in [0, 0.05) is 34.2 Å². The Balaban J connectivity index is 1.98. The van der Waals surface area contributed by atoms with Crippen LogP contribution < -0.4 is 0 Å². The minimum Gasteiger partial charge on any atom is -0.394 e. The van der Waals surface area contributed by atoms with Crippen molar-refractivity contribution < 1.29 is 41.7 Å². The van der Waals surface area contributed by atoms with Crippen LogP contribution in [0.1, 0.15) is 26.7 Å². The molecule has 0 aromatic heterocycles. The molecule has 0 radical (unpaired) electrons. The van der Waals surface area contributed by atoms with Crippen LogP contribution in [-0.4, -0.2) is 76.3 Å². The number of aliphatic hydroxyl groups is 1. The zero-order valence-electron chi connectivity index (χ0n) is 16.7. The van der Waals surface area contributed by atoms with Crippen LogP contribution in [0.3, 0.4) is 0 Å². The summed E-state index contributed by atoms with van der Waals surface area (Å²) in [6.07, 6.45) is -0.484. The second-order valence-corrected chi connectivity index (χ2v) is 12.9. The largest absolute Gasteiger partial charge is 0.394 e. The van der Waals surface area contributed by atoms with E-state index in [0.717, 1.165) is 0 Å². The van der Waals surface area contributed by atoms with Crippen molar-refractivity contribution in [3.05, 3.63) is 0 Å². The van der Waals surface area contributed by atoms with Gasteiger partial charge in [-0.3, -0.25) is 0 Å². The van der Waals surface area contributed by atoms with Gasteiger partial charge in [0.2, 0.25) is 0 Å². The molecule has 2 aliphatic rings. The number of hydrogen-bond acceptors (Lipinski definition) is 11. The van der Waals surface area contributed by atoms with Gasteiger partial charge in [-0.1, -0.05) is 0 Å². The minimum absolute atomic E-state index is 0.0357. The average Bonchev–Trinajstić information content (AvgIpc) is 3.20. The Kier molecular flexibility index (Phi) is 9.90. The third-order valence-electron chi connectivity index (χ3n) is 4.55. The lowest BCUT2D eigenvalue weighted by Gasteiger charge is -2.28. The lowest BCUT2D eigenvalue weighted by Crippen LogP contribution is -2.30. The van der Waals surface area contributed by atoms with Crippen LogP contribution in [0.5, 0.6) is 0 Å². The van der Waals surface area contributed by atoms with Crippen molar-refractivity contribution in [2.24, 2.45) is 0 Å². The molecule has 0 spiro atoms. The van der Waals surface area contributed by atoms with Crippen molar-refractivity contribution >= 4 is 37.1 Å². The first kappa shape index (κ1) is 25.2. The van der Waals surface area contributed by atoms with Gasteiger partial charge >= 0.3 is 13.4 Å². The molecule has 2 heterocycles. The van der Waals surface area contributed by atoms with E-state index in [9.17, 15) is 5.11 Å². The fraction of sp³-hybridized carbons (Fsp3) is 1.00. The molecule has 9 nitrogen and oxygen atoms in total. The molecule has 7 atom stereocenters. The van der Waals surface area contributed by atoms with Crippen molar-refractivity contribution in [2.75, 3.05) is 34.5 Å². The van der Waals surface area contributed by atoms with Crippen molar-refractivity contribution in [3.63, 3.8) is 0 Å². The highest BCUT2D eigenvalue weighted by molar-refractivity contribution is 8.07. The van der Waals surface area contributed by atoms with Gasteiger partial charge in [-0.15, -0.1) is 0 Å². The molecule has 13 heteroatoms. The summed E-state index contributed by atoms with van der Waals surface area (Å²) in [4.78, 5) is 0. The molecular formula is C15H30O9P2S2. The lowest BCUT2D eigenvalue weighted by atomic mass is 10.1. The minimum atomic E-state index is -3.06. The van der Waals surface area contributed by atoms with Gasteiger partial charge < -0.3 is 41.7 Å². The van der Waals surface area contributed by atoms with Gasteiger partial charge in [-0.05, 0) is 37.5 Å². The Bertz CT molecular complexity index is 588. The van der Waals surface area contributed by atoms with Crippen LogP contribution in [0.25, 0.3) is 0 Å². The summed E-state index contributed by atoms with van der Waals surface area (Å²) in [5.41, 5.74) is 0. The Hall–Kier alpha value is 0.940. The quantitative estimate of drug-likeness (QED) is 0.442. The first-order valence-corrected chi connectivity index (χ1v) is 14.1. The van der Waals surface area contributed by atoms with E-state index in [0.29, 0.717) is 12.8 Å².